The van der Waals surface area contributed by atoms with E-state index in [1.807, 2.05) is 0 Å². The second-order valence-corrected chi connectivity index (χ2v) is 11.0. The van der Waals surface area contributed by atoms with E-state index in [1.165, 1.54) is 25.3 Å². The topological polar surface area (TPSA) is 66.5 Å². The largest absolute Gasteiger partial charge is 0.497 e. The van der Waals surface area contributed by atoms with Crippen molar-refractivity contribution < 1.29 is 28.5 Å². The number of carbonyl (C=O) groups excluding carboxylic acids is 1. The SMILES string of the molecule is COc1ccc([C@]23C=C[C@@]4(CCCC[C@]24C)[C@@H]2[C@H]3[C@H](OC(C)=O)[C@H]3O[C@H]3C23OCCO3)cc1. The molecule has 6 nitrogen and oxygen atoms in total. The summed E-state index contributed by atoms with van der Waals surface area (Å²) in [6.07, 6.45) is 8.86. The van der Waals surface area contributed by atoms with Crippen LogP contribution in [0.25, 0.3) is 0 Å². The smallest absolute Gasteiger partial charge is 0.303 e. The van der Waals surface area contributed by atoms with Crippen LogP contribution in [0.5, 0.6) is 5.75 Å². The molecule has 1 spiro atoms. The van der Waals surface area contributed by atoms with Crippen molar-refractivity contribution in [3.05, 3.63) is 42.0 Å². The molecule has 7 rings (SSSR count). The van der Waals surface area contributed by atoms with Crippen molar-refractivity contribution in [3.8, 4) is 5.75 Å². The molecular formula is C27H32O6. The van der Waals surface area contributed by atoms with Gasteiger partial charge in [-0.2, -0.15) is 0 Å². The molecule has 0 amide bonds. The Kier molecular flexibility index (Phi) is 3.98. The first-order valence-corrected chi connectivity index (χ1v) is 12.4. The minimum Gasteiger partial charge on any atom is -0.497 e. The minimum absolute atomic E-state index is 0.0183. The van der Waals surface area contributed by atoms with Gasteiger partial charge in [0.05, 0.1) is 20.3 Å². The molecule has 176 valence electrons. The van der Waals surface area contributed by atoms with E-state index >= 15 is 0 Å². The summed E-state index contributed by atoms with van der Waals surface area (Å²) < 4.78 is 30.9. The van der Waals surface area contributed by atoms with E-state index in [4.69, 9.17) is 23.7 Å². The van der Waals surface area contributed by atoms with Crippen LogP contribution in [-0.4, -0.2) is 50.4 Å². The number of methoxy groups -OCH3 is 1. The average Bonchev–Trinajstić information content (AvgIpc) is 3.34. The van der Waals surface area contributed by atoms with Gasteiger partial charge in [-0.1, -0.05) is 44.1 Å². The summed E-state index contributed by atoms with van der Waals surface area (Å²) in [6, 6.07) is 8.51. The number of ether oxygens (including phenoxy) is 5. The molecule has 2 aliphatic heterocycles. The minimum atomic E-state index is -0.760. The predicted octanol–water partition coefficient (Wildman–Crippen LogP) is 3.77. The number of esters is 1. The lowest BCUT2D eigenvalue weighted by molar-refractivity contribution is -0.255. The maximum absolute atomic E-state index is 12.3. The first-order chi connectivity index (χ1) is 15.9. The highest BCUT2D eigenvalue weighted by Gasteiger charge is 2.87. The molecule has 0 N–H and O–H groups in total. The quantitative estimate of drug-likeness (QED) is 0.395. The number of carbonyl (C=O) groups is 1. The standard InChI is InChI=1S/C27H32O6/c1-16(28)32-20-19-22(27(23-21(20)33-23)30-14-15-31-27)25-11-5-4-10-24(25,2)26(19,13-12-25)17-6-8-18(29-3)9-7-17/h6-9,12-13,19-23H,4-5,10-11,14-15H2,1-3H3/t19-,20+,21-,22+,23-,24+,25+,26+/m1/s1. The third-order valence-electron chi connectivity index (χ3n) is 10.2. The Hall–Kier alpha value is -1.89. The zero-order valence-corrected chi connectivity index (χ0v) is 19.5. The van der Waals surface area contributed by atoms with Crippen LogP contribution in [0, 0.1) is 22.7 Å². The van der Waals surface area contributed by atoms with Crippen LogP contribution in [0.2, 0.25) is 0 Å². The third kappa shape index (κ3) is 2.15. The third-order valence-corrected chi connectivity index (χ3v) is 10.2. The molecule has 0 aromatic heterocycles. The molecule has 1 aromatic carbocycles. The van der Waals surface area contributed by atoms with Crippen molar-refractivity contribution in [1.82, 2.24) is 0 Å². The van der Waals surface area contributed by atoms with E-state index < -0.39 is 5.79 Å². The summed E-state index contributed by atoms with van der Waals surface area (Å²) in [6.45, 7) is 5.14. The predicted molar refractivity (Wildman–Crippen MR) is 119 cm³/mol. The number of fused-ring (bicyclic) bond motifs is 5. The highest BCUT2D eigenvalue weighted by Crippen LogP contribution is 2.83. The van der Waals surface area contributed by atoms with Crippen LogP contribution in [0.4, 0.5) is 0 Å². The lowest BCUT2D eigenvalue weighted by atomic mass is 9.52. The Morgan fingerprint density at radius 1 is 1.06 bits per heavy atom. The summed E-state index contributed by atoms with van der Waals surface area (Å²) >= 11 is 0. The molecule has 8 atom stereocenters. The van der Waals surface area contributed by atoms with Crippen LogP contribution < -0.4 is 4.74 Å². The van der Waals surface area contributed by atoms with Gasteiger partial charge in [-0.05, 0) is 36.0 Å². The molecule has 33 heavy (non-hydrogen) atoms. The number of rotatable bonds is 3. The number of hydrogen-bond acceptors (Lipinski definition) is 6. The molecule has 6 heteroatoms. The van der Waals surface area contributed by atoms with Gasteiger partial charge in [0.2, 0.25) is 5.79 Å². The second kappa shape index (κ2) is 6.41. The molecule has 2 bridgehead atoms. The van der Waals surface area contributed by atoms with E-state index in [0.717, 1.165) is 18.6 Å². The van der Waals surface area contributed by atoms with Crippen molar-refractivity contribution >= 4 is 5.97 Å². The molecule has 5 fully saturated rings. The number of benzene rings is 1. The van der Waals surface area contributed by atoms with Crippen molar-refractivity contribution in [2.75, 3.05) is 20.3 Å². The van der Waals surface area contributed by atoms with Crippen LogP contribution in [0.1, 0.15) is 45.1 Å². The molecular weight excluding hydrogens is 420 g/mol. The summed E-state index contributed by atoms with van der Waals surface area (Å²) in [7, 11) is 1.70. The molecule has 2 saturated heterocycles. The zero-order valence-electron chi connectivity index (χ0n) is 19.5. The molecule has 0 unspecified atom stereocenters. The van der Waals surface area contributed by atoms with Crippen LogP contribution in [-0.2, 0) is 29.2 Å². The fraction of sp³-hybridized carbons (Fsp3) is 0.667. The molecule has 3 saturated carbocycles. The van der Waals surface area contributed by atoms with E-state index in [2.05, 4.69) is 43.3 Å². The molecule has 1 aromatic rings. The van der Waals surface area contributed by atoms with Crippen LogP contribution in [0.3, 0.4) is 0 Å². The fourth-order valence-corrected chi connectivity index (χ4v) is 9.12. The normalized spacial score (nSPS) is 47.7. The van der Waals surface area contributed by atoms with E-state index in [-0.39, 0.29) is 52.4 Å². The van der Waals surface area contributed by atoms with Crippen molar-refractivity contribution in [3.63, 3.8) is 0 Å². The Morgan fingerprint density at radius 2 is 1.79 bits per heavy atom. The van der Waals surface area contributed by atoms with Gasteiger partial charge in [0.25, 0.3) is 0 Å². The summed E-state index contributed by atoms with van der Waals surface area (Å²) in [5.74, 6) is -0.0811. The van der Waals surface area contributed by atoms with Crippen LogP contribution >= 0.6 is 0 Å². The number of epoxide rings is 1. The van der Waals surface area contributed by atoms with Crippen molar-refractivity contribution in [1.29, 1.82) is 0 Å². The Balaban J connectivity index is 1.49. The Bertz CT molecular complexity index is 1030. The van der Waals surface area contributed by atoms with E-state index in [9.17, 15) is 4.79 Å². The monoisotopic (exact) mass is 452 g/mol. The van der Waals surface area contributed by atoms with Crippen molar-refractivity contribution in [2.45, 2.75) is 69.0 Å². The Morgan fingerprint density at radius 3 is 2.48 bits per heavy atom. The van der Waals surface area contributed by atoms with Gasteiger partial charge in [0.15, 0.2) is 0 Å². The van der Waals surface area contributed by atoms with E-state index in [1.54, 1.807) is 7.11 Å². The zero-order chi connectivity index (χ0) is 22.6. The Labute approximate surface area is 194 Å². The maximum atomic E-state index is 12.3. The van der Waals surface area contributed by atoms with Gasteiger partial charge in [-0.15, -0.1) is 0 Å². The van der Waals surface area contributed by atoms with E-state index in [0.29, 0.717) is 13.2 Å². The highest BCUT2D eigenvalue weighted by atomic mass is 16.8. The lowest BCUT2D eigenvalue weighted by Gasteiger charge is -2.53. The molecule has 4 aliphatic carbocycles. The first kappa shape index (κ1) is 20.5. The fourth-order valence-electron chi connectivity index (χ4n) is 9.12. The van der Waals surface area contributed by atoms with Gasteiger partial charge in [-0.3, -0.25) is 4.79 Å². The van der Waals surface area contributed by atoms with Gasteiger partial charge in [0.1, 0.15) is 24.1 Å². The van der Waals surface area contributed by atoms with Crippen molar-refractivity contribution in [2.24, 2.45) is 22.7 Å². The van der Waals surface area contributed by atoms with Gasteiger partial charge < -0.3 is 23.7 Å². The van der Waals surface area contributed by atoms with Gasteiger partial charge in [-0.25, -0.2) is 0 Å². The van der Waals surface area contributed by atoms with Gasteiger partial charge >= 0.3 is 5.97 Å². The van der Waals surface area contributed by atoms with Gasteiger partial charge in [0, 0.05) is 29.6 Å². The maximum Gasteiger partial charge on any atom is 0.303 e. The summed E-state index contributed by atoms with van der Waals surface area (Å²) in [5.41, 5.74) is 0.835. The first-order valence-electron chi connectivity index (χ1n) is 12.4. The summed E-state index contributed by atoms with van der Waals surface area (Å²) in [5, 5.41) is 0. The highest BCUT2D eigenvalue weighted by molar-refractivity contribution is 5.66. The number of hydrogen-bond donors (Lipinski definition) is 0. The lowest BCUT2D eigenvalue weighted by Crippen LogP contribution is -2.62. The second-order valence-electron chi connectivity index (χ2n) is 11.0. The van der Waals surface area contributed by atoms with Crippen LogP contribution in [0.15, 0.2) is 36.4 Å². The molecule has 6 aliphatic rings. The molecule has 2 heterocycles. The number of allylic oxidation sites excluding steroid dienone is 2. The molecule has 0 radical (unpaired) electrons. The summed E-state index contributed by atoms with van der Waals surface area (Å²) in [4.78, 5) is 12.3. The average molecular weight is 453 g/mol.